The lowest BCUT2D eigenvalue weighted by atomic mass is 10.3. The Morgan fingerprint density at radius 1 is 1.44 bits per heavy atom. The molecule has 1 unspecified atom stereocenters. The molecule has 0 radical (unpaired) electrons. The maximum atomic E-state index is 11.7. The van der Waals surface area contributed by atoms with Crippen LogP contribution in [0.25, 0.3) is 10.2 Å². The number of fused-ring (bicyclic) bond motifs is 1. The number of thiazole rings is 1. The first-order valence-corrected chi connectivity index (χ1v) is 6.29. The third-order valence-corrected chi connectivity index (χ3v) is 3.94. The molecule has 0 aliphatic carbocycles. The highest BCUT2D eigenvalue weighted by Crippen LogP contribution is 2.31. The smallest absolute Gasteiger partial charge is 0.230 e. The zero-order valence-electron chi connectivity index (χ0n) is 8.39. The van der Waals surface area contributed by atoms with Crippen LogP contribution in [-0.2, 0) is 4.79 Å². The first-order valence-electron chi connectivity index (χ1n) is 5.04. The van der Waals surface area contributed by atoms with E-state index in [-0.39, 0.29) is 11.3 Å². The molecule has 0 spiro atoms. The number of carbonyl (C=O) groups is 1. The third kappa shape index (κ3) is 1.58. The largest absolute Gasteiger partial charge is 0.287 e. The number of hydrogen-bond acceptors (Lipinski definition) is 3. The van der Waals surface area contributed by atoms with Gasteiger partial charge >= 0.3 is 0 Å². The van der Waals surface area contributed by atoms with Crippen molar-refractivity contribution in [3.63, 3.8) is 0 Å². The van der Waals surface area contributed by atoms with E-state index in [9.17, 15) is 4.79 Å². The van der Waals surface area contributed by atoms with Crippen molar-refractivity contribution >= 4 is 44.2 Å². The fraction of sp³-hybridized carbons (Fsp3) is 0.273. The normalized spacial score (nSPS) is 20.9. The summed E-state index contributed by atoms with van der Waals surface area (Å²) in [6.07, 6.45) is 0.414. The second kappa shape index (κ2) is 3.71. The van der Waals surface area contributed by atoms with Crippen molar-refractivity contribution in [2.45, 2.75) is 11.8 Å². The highest BCUT2D eigenvalue weighted by atomic mass is 35.5. The molecule has 1 saturated heterocycles. The number of nitrogens with zero attached hydrogens (tertiary/aromatic N) is 2. The second-order valence-electron chi connectivity index (χ2n) is 3.77. The zero-order chi connectivity index (χ0) is 11.1. The first-order chi connectivity index (χ1) is 7.74. The molecule has 82 valence electrons. The summed E-state index contributed by atoms with van der Waals surface area (Å²) in [6, 6.07) is 7.88. The van der Waals surface area contributed by atoms with E-state index in [1.54, 1.807) is 4.90 Å². The Bertz CT molecular complexity index is 521. The van der Waals surface area contributed by atoms with Crippen LogP contribution in [0, 0.1) is 0 Å². The molecular formula is C11H9ClN2OS. The predicted octanol–water partition coefficient (Wildman–Crippen LogP) is 2.64. The molecule has 5 heteroatoms. The van der Waals surface area contributed by atoms with E-state index in [4.69, 9.17) is 11.6 Å². The quantitative estimate of drug-likeness (QED) is 0.731. The fourth-order valence-corrected chi connectivity index (χ4v) is 3.09. The van der Waals surface area contributed by atoms with Crippen LogP contribution in [0.2, 0.25) is 0 Å². The molecule has 1 aliphatic rings. The van der Waals surface area contributed by atoms with Gasteiger partial charge in [0.1, 0.15) is 0 Å². The summed E-state index contributed by atoms with van der Waals surface area (Å²) < 4.78 is 1.10. The highest BCUT2D eigenvalue weighted by molar-refractivity contribution is 7.22. The van der Waals surface area contributed by atoms with E-state index < -0.39 is 0 Å². The van der Waals surface area contributed by atoms with Gasteiger partial charge in [0.25, 0.3) is 0 Å². The minimum Gasteiger partial charge on any atom is -0.287 e. The number of rotatable bonds is 1. The first kappa shape index (κ1) is 10.1. The maximum Gasteiger partial charge on any atom is 0.230 e. The van der Waals surface area contributed by atoms with Crippen molar-refractivity contribution in [2.75, 3.05) is 11.4 Å². The summed E-state index contributed by atoms with van der Waals surface area (Å²) in [5.74, 6) is 0.0686. The van der Waals surface area contributed by atoms with Crippen LogP contribution in [0.3, 0.4) is 0 Å². The third-order valence-electron chi connectivity index (χ3n) is 2.59. The van der Waals surface area contributed by atoms with Crippen molar-refractivity contribution in [3.8, 4) is 0 Å². The van der Waals surface area contributed by atoms with Gasteiger partial charge in [-0.15, -0.1) is 11.6 Å². The van der Waals surface area contributed by atoms with E-state index in [1.807, 2.05) is 24.3 Å². The van der Waals surface area contributed by atoms with Gasteiger partial charge in [-0.05, 0) is 12.1 Å². The summed E-state index contributed by atoms with van der Waals surface area (Å²) in [6.45, 7) is 0.570. The van der Waals surface area contributed by atoms with E-state index in [1.165, 1.54) is 11.3 Å². The summed E-state index contributed by atoms with van der Waals surface area (Å²) in [5.41, 5.74) is 0.938. The van der Waals surface area contributed by atoms with Crippen molar-refractivity contribution < 1.29 is 4.79 Å². The molecule has 1 fully saturated rings. The second-order valence-corrected chi connectivity index (χ2v) is 5.40. The molecule has 3 nitrogen and oxygen atoms in total. The van der Waals surface area contributed by atoms with Crippen molar-refractivity contribution in [1.29, 1.82) is 0 Å². The van der Waals surface area contributed by atoms with Gasteiger partial charge in [0, 0.05) is 13.0 Å². The SMILES string of the molecule is O=C1CC(Cl)CN1c1nc2ccccc2s1. The van der Waals surface area contributed by atoms with Crippen LogP contribution in [0.5, 0.6) is 0 Å². The number of alkyl halides is 1. The molecule has 1 aliphatic heterocycles. The molecule has 2 aromatic rings. The molecule has 0 bridgehead atoms. The number of aromatic nitrogens is 1. The van der Waals surface area contributed by atoms with Gasteiger partial charge in [-0.25, -0.2) is 4.98 Å². The van der Waals surface area contributed by atoms with Crippen LogP contribution in [0.4, 0.5) is 5.13 Å². The Hall–Kier alpha value is -1.13. The molecule has 2 heterocycles. The number of amides is 1. The van der Waals surface area contributed by atoms with Gasteiger partial charge in [0.2, 0.25) is 5.91 Å². The van der Waals surface area contributed by atoms with E-state index >= 15 is 0 Å². The number of para-hydroxylation sites is 1. The van der Waals surface area contributed by atoms with Crippen LogP contribution >= 0.6 is 22.9 Å². The highest BCUT2D eigenvalue weighted by Gasteiger charge is 2.30. The van der Waals surface area contributed by atoms with Crippen LogP contribution in [0.1, 0.15) is 6.42 Å². The predicted molar refractivity (Wildman–Crippen MR) is 66.2 cm³/mol. The standard InChI is InChI=1S/C11H9ClN2OS/c12-7-5-10(15)14(6-7)11-13-8-3-1-2-4-9(8)16-11/h1-4,7H,5-6H2. The van der Waals surface area contributed by atoms with Crippen LogP contribution in [-0.4, -0.2) is 22.8 Å². The Balaban J connectivity index is 2.03. The lowest BCUT2D eigenvalue weighted by Crippen LogP contribution is -2.24. The van der Waals surface area contributed by atoms with Crippen LogP contribution < -0.4 is 4.90 Å². The average Bonchev–Trinajstić information content (AvgIpc) is 2.81. The van der Waals surface area contributed by atoms with Crippen molar-refractivity contribution in [2.24, 2.45) is 0 Å². The number of hydrogen-bond donors (Lipinski definition) is 0. The fourth-order valence-electron chi connectivity index (χ4n) is 1.82. The maximum absolute atomic E-state index is 11.7. The number of halogens is 1. The lowest BCUT2D eigenvalue weighted by molar-refractivity contribution is -0.117. The van der Waals surface area contributed by atoms with Gasteiger partial charge in [-0.1, -0.05) is 23.5 Å². The molecule has 1 aromatic carbocycles. The Morgan fingerprint density at radius 2 is 2.25 bits per heavy atom. The molecule has 1 aromatic heterocycles. The topological polar surface area (TPSA) is 33.2 Å². The van der Waals surface area contributed by atoms with Crippen molar-refractivity contribution in [1.82, 2.24) is 4.98 Å². The van der Waals surface area contributed by atoms with E-state index in [0.29, 0.717) is 13.0 Å². The lowest BCUT2D eigenvalue weighted by Gasteiger charge is -2.10. The minimum atomic E-state index is -0.0838. The minimum absolute atomic E-state index is 0.0686. The Labute approximate surface area is 102 Å². The van der Waals surface area contributed by atoms with Gasteiger partial charge in [-0.3, -0.25) is 9.69 Å². The summed E-state index contributed by atoms with van der Waals surface area (Å²) in [5, 5.41) is 0.675. The Morgan fingerprint density at radius 3 is 2.94 bits per heavy atom. The molecule has 0 N–H and O–H groups in total. The molecular weight excluding hydrogens is 244 g/mol. The molecule has 16 heavy (non-hydrogen) atoms. The van der Waals surface area contributed by atoms with Gasteiger partial charge in [0.05, 0.1) is 15.6 Å². The van der Waals surface area contributed by atoms with Gasteiger partial charge in [0.15, 0.2) is 5.13 Å². The Kier molecular flexibility index (Phi) is 2.33. The van der Waals surface area contributed by atoms with E-state index in [2.05, 4.69) is 4.98 Å². The molecule has 0 saturated carbocycles. The summed E-state index contributed by atoms with van der Waals surface area (Å²) >= 11 is 7.50. The van der Waals surface area contributed by atoms with E-state index in [0.717, 1.165) is 15.3 Å². The number of benzene rings is 1. The summed E-state index contributed by atoms with van der Waals surface area (Å²) in [4.78, 5) is 17.8. The number of carbonyl (C=O) groups excluding carboxylic acids is 1. The van der Waals surface area contributed by atoms with Gasteiger partial charge in [-0.2, -0.15) is 0 Å². The number of anilines is 1. The molecule has 1 amide bonds. The van der Waals surface area contributed by atoms with Crippen LogP contribution in [0.15, 0.2) is 24.3 Å². The van der Waals surface area contributed by atoms with Crippen molar-refractivity contribution in [3.05, 3.63) is 24.3 Å². The average molecular weight is 253 g/mol. The molecule has 3 rings (SSSR count). The van der Waals surface area contributed by atoms with Gasteiger partial charge < -0.3 is 0 Å². The summed E-state index contributed by atoms with van der Waals surface area (Å²) in [7, 11) is 0. The zero-order valence-corrected chi connectivity index (χ0v) is 9.96. The monoisotopic (exact) mass is 252 g/mol. The molecule has 1 atom stereocenters.